The van der Waals surface area contributed by atoms with Gasteiger partial charge in [0.1, 0.15) is 11.5 Å². The van der Waals surface area contributed by atoms with Crippen LogP contribution in [0.3, 0.4) is 0 Å². The lowest BCUT2D eigenvalue weighted by atomic mass is 9.87. The van der Waals surface area contributed by atoms with Crippen molar-refractivity contribution in [1.29, 1.82) is 0 Å². The highest BCUT2D eigenvalue weighted by Crippen LogP contribution is 2.40. The summed E-state index contributed by atoms with van der Waals surface area (Å²) in [7, 11) is 1.69. The van der Waals surface area contributed by atoms with Gasteiger partial charge in [0.25, 0.3) is 0 Å². The SMILES string of the molecule is COc1ccc2c(c1)OCCC1CNC[C@H]21. The second-order valence-corrected chi connectivity index (χ2v) is 4.57. The highest BCUT2D eigenvalue weighted by atomic mass is 16.5. The summed E-state index contributed by atoms with van der Waals surface area (Å²) in [5, 5.41) is 3.47. The molecule has 1 aromatic rings. The van der Waals surface area contributed by atoms with E-state index in [-0.39, 0.29) is 0 Å². The van der Waals surface area contributed by atoms with Crippen LogP contribution in [0, 0.1) is 5.92 Å². The third-order valence-corrected chi connectivity index (χ3v) is 3.71. The Morgan fingerprint density at radius 2 is 2.31 bits per heavy atom. The third-order valence-electron chi connectivity index (χ3n) is 3.71. The predicted molar refractivity (Wildman–Crippen MR) is 62.2 cm³/mol. The van der Waals surface area contributed by atoms with Gasteiger partial charge in [-0.15, -0.1) is 0 Å². The van der Waals surface area contributed by atoms with Gasteiger partial charge in [-0.1, -0.05) is 6.07 Å². The maximum absolute atomic E-state index is 5.82. The molecule has 2 atom stereocenters. The lowest BCUT2D eigenvalue weighted by Crippen LogP contribution is -2.11. The third kappa shape index (κ3) is 1.55. The van der Waals surface area contributed by atoms with Crippen LogP contribution in [0.4, 0.5) is 0 Å². The Hall–Kier alpha value is -1.22. The molecule has 3 nitrogen and oxygen atoms in total. The number of methoxy groups -OCH3 is 1. The van der Waals surface area contributed by atoms with Crippen molar-refractivity contribution in [3.8, 4) is 11.5 Å². The van der Waals surface area contributed by atoms with Gasteiger partial charge >= 0.3 is 0 Å². The van der Waals surface area contributed by atoms with E-state index in [0.29, 0.717) is 5.92 Å². The Balaban J connectivity index is 2.01. The molecule has 0 aromatic heterocycles. The number of benzene rings is 1. The van der Waals surface area contributed by atoms with Gasteiger partial charge in [-0.05, 0) is 30.5 Å². The smallest absolute Gasteiger partial charge is 0.126 e. The van der Waals surface area contributed by atoms with Crippen LogP contribution in [-0.4, -0.2) is 26.8 Å². The molecule has 2 heterocycles. The van der Waals surface area contributed by atoms with Gasteiger partial charge < -0.3 is 14.8 Å². The molecule has 0 bridgehead atoms. The van der Waals surface area contributed by atoms with Crippen LogP contribution in [0.25, 0.3) is 0 Å². The molecule has 0 spiro atoms. The molecular weight excluding hydrogens is 202 g/mol. The molecule has 16 heavy (non-hydrogen) atoms. The fraction of sp³-hybridized carbons (Fsp3) is 0.538. The lowest BCUT2D eigenvalue weighted by molar-refractivity contribution is 0.295. The highest BCUT2D eigenvalue weighted by Gasteiger charge is 2.32. The van der Waals surface area contributed by atoms with Crippen molar-refractivity contribution in [2.45, 2.75) is 12.3 Å². The minimum Gasteiger partial charge on any atom is -0.497 e. The van der Waals surface area contributed by atoms with Crippen molar-refractivity contribution in [3.05, 3.63) is 23.8 Å². The van der Waals surface area contributed by atoms with Crippen LogP contribution in [0.5, 0.6) is 11.5 Å². The summed E-state index contributed by atoms with van der Waals surface area (Å²) in [6.45, 7) is 3.02. The molecule has 0 amide bonds. The van der Waals surface area contributed by atoms with Crippen molar-refractivity contribution in [1.82, 2.24) is 5.32 Å². The van der Waals surface area contributed by atoms with Crippen LogP contribution in [-0.2, 0) is 0 Å². The zero-order chi connectivity index (χ0) is 11.0. The summed E-state index contributed by atoms with van der Waals surface area (Å²) < 4.78 is 11.1. The average molecular weight is 219 g/mol. The molecule has 1 fully saturated rings. The van der Waals surface area contributed by atoms with E-state index in [0.717, 1.165) is 43.5 Å². The van der Waals surface area contributed by atoms with Gasteiger partial charge in [0.05, 0.1) is 13.7 Å². The summed E-state index contributed by atoms with van der Waals surface area (Å²) in [5.74, 6) is 3.23. The van der Waals surface area contributed by atoms with Crippen LogP contribution >= 0.6 is 0 Å². The zero-order valence-electron chi connectivity index (χ0n) is 9.53. The van der Waals surface area contributed by atoms with Crippen LogP contribution in [0.15, 0.2) is 18.2 Å². The van der Waals surface area contributed by atoms with Crippen LogP contribution in [0.1, 0.15) is 17.9 Å². The molecule has 0 saturated carbocycles. The monoisotopic (exact) mass is 219 g/mol. The van der Waals surface area contributed by atoms with E-state index >= 15 is 0 Å². The van der Waals surface area contributed by atoms with E-state index in [1.807, 2.05) is 12.1 Å². The quantitative estimate of drug-likeness (QED) is 0.781. The number of hydrogen-bond donors (Lipinski definition) is 1. The van der Waals surface area contributed by atoms with E-state index in [2.05, 4.69) is 11.4 Å². The van der Waals surface area contributed by atoms with Crippen molar-refractivity contribution in [2.24, 2.45) is 5.92 Å². The Morgan fingerprint density at radius 3 is 3.19 bits per heavy atom. The molecule has 2 aliphatic rings. The predicted octanol–water partition coefficient (Wildman–Crippen LogP) is 1.78. The fourth-order valence-corrected chi connectivity index (χ4v) is 2.79. The van der Waals surface area contributed by atoms with Crippen molar-refractivity contribution < 1.29 is 9.47 Å². The van der Waals surface area contributed by atoms with Crippen molar-refractivity contribution in [3.63, 3.8) is 0 Å². The standard InChI is InChI=1S/C13H17NO2/c1-15-10-2-3-11-12-8-14-7-9(12)4-5-16-13(11)6-10/h2-3,6,9,12,14H,4-5,7-8H2,1H3/t9?,12-/m0/s1. The molecule has 3 rings (SSSR count). The van der Waals surface area contributed by atoms with Gasteiger partial charge in [-0.25, -0.2) is 0 Å². The first-order valence-corrected chi connectivity index (χ1v) is 5.90. The number of nitrogens with one attached hydrogen (secondary N) is 1. The lowest BCUT2D eigenvalue weighted by Gasteiger charge is -2.16. The first-order valence-electron chi connectivity index (χ1n) is 5.90. The molecule has 0 radical (unpaired) electrons. The summed E-state index contributed by atoms with van der Waals surface area (Å²) in [6.07, 6.45) is 1.15. The molecule has 2 aliphatic heterocycles. The van der Waals surface area contributed by atoms with E-state index < -0.39 is 0 Å². The normalized spacial score (nSPS) is 27.6. The first kappa shape index (κ1) is 9.97. The molecule has 86 valence electrons. The topological polar surface area (TPSA) is 30.5 Å². The molecule has 1 aromatic carbocycles. The highest BCUT2D eigenvalue weighted by molar-refractivity contribution is 5.44. The Kier molecular flexibility index (Phi) is 2.48. The number of hydrogen-bond acceptors (Lipinski definition) is 3. The van der Waals surface area contributed by atoms with Gasteiger partial charge in [-0.3, -0.25) is 0 Å². The van der Waals surface area contributed by atoms with E-state index in [4.69, 9.17) is 9.47 Å². The summed E-state index contributed by atoms with van der Waals surface area (Å²) in [5.41, 5.74) is 1.34. The van der Waals surface area contributed by atoms with E-state index in [1.54, 1.807) is 7.11 Å². The van der Waals surface area contributed by atoms with Gasteiger partial charge in [0, 0.05) is 18.5 Å². The summed E-state index contributed by atoms with van der Waals surface area (Å²) >= 11 is 0. The summed E-state index contributed by atoms with van der Waals surface area (Å²) in [4.78, 5) is 0. The maximum atomic E-state index is 5.82. The number of rotatable bonds is 1. The number of fused-ring (bicyclic) bond motifs is 3. The van der Waals surface area contributed by atoms with Crippen molar-refractivity contribution >= 4 is 0 Å². The Bertz CT molecular complexity index is 392. The first-order chi connectivity index (χ1) is 7.88. The second-order valence-electron chi connectivity index (χ2n) is 4.57. The fourth-order valence-electron chi connectivity index (χ4n) is 2.79. The molecule has 3 heteroatoms. The summed E-state index contributed by atoms with van der Waals surface area (Å²) in [6, 6.07) is 6.20. The largest absolute Gasteiger partial charge is 0.497 e. The van der Waals surface area contributed by atoms with Crippen LogP contribution < -0.4 is 14.8 Å². The van der Waals surface area contributed by atoms with Gasteiger partial charge in [0.2, 0.25) is 0 Å². The minimum atomic E-state index is 0.614. The molecule has 0 aliphatic carbocycles. The van der Waals surface area contributed by atoms with Gasteiger partial charge in [-0.2, -0.15) is 0 Å². The zero-order valence-corrected chi connectivity index (χ0v) is 9.53. The van der Waals surface area contributed by atoms with Gasteiger partial charge in [0.15, 0.2) is 0 Å². The maximum Gasteiger partial charge on any atom is 0.126 e. The average Bonchev–Trinajstić information content (AvgIpc) is 2.71. The van der Waals surface area contributed by atoms with E-state index in [9.17, 15) is 0 Å². The molecule has 1 unspecified atom stereocenters. The number of ether oxygens (including phenoxy) is 2. The van der Waals surface area contributed by atoms with Crippen LogP contribution in [0.2, 0.25) is 0 Å². The second kappa shape index (κ2) is 3.98. The van der Waals surface area contributed by atoms with Crippen molar-refractivity contribution in [2.75, 3.05) is 26.8 Å². The van der Waals surface area contributed by atoms with E-state index in [1.165, 1.54) is 5.56 Å². The molecule has 1 saturated heterocycles. The Morgan fingerprint density at radius 1 is 1.38 bits per heavy atom. The molecular formula is C13H17NO2. The minimum absolute atomic E-state index is 0.614. The Labute approximate surface area is 95.8 Å². The molecule has 1 N–H and O–H groups in total.